The van der Waals surface area contributed by atoms with Crippen molar-refractivity contribution in [3.8, 4) is 39.8 Å². The molecule has 2 heterocycles. The van der Waals surface area contributed by atoms with Crippen LogP contribution in [0.25, 0.3) is 22.6 Å². The first-order valence-corrected chi connectivity index (χ1v) is 10.8. The molecule has 4 aromatic rings. The highest BCUT2D eigenvalue weighted by Crippen LogP contribution is 2.45. The number of nitrogens with one attached hydrogen (secondary N) is 1. The highest BCUT2D eigenvalue weighted by atomic mass is 35.5. The van der Waals surface area contributed by atoms with E-state index in [1.165, 1.54) is 13.2 Å². The summed E-state index contributed by atoms with van der Waals surface area (Å²) in [5.41, 5.74) is 0.590. The van der Waals surface area contributed by atoms with Crippen LogP contribution in [-0.4, -0.2) is 39.1 Å². The van der Waals surface area contributed by atoms with Gasteiger partial charge < -0.3 is 29.1 Å². The Morgan fingerprint density at radius 2 is 1.82 bits per heavy atom. The highest BCUT2D eigenvalue weighted by molar-refractivity contribution is 6.30. The van der Waals surface area contributed by atoms with Crippen molar-refractivity contribution in [3.05, 3.63) is 75.0 Å². The van der Waals surface area contributed by atoms with Gasteiger partial charge in [-0.1, -0.05) is 29.8 Å². The molecule has 176 valence electrons. The summed E-state index contributed by atoms with van der Waals surface area (Å²) < 4.78 is 16.6. The van der Waals surface area contributed by atoms with Gasteiger partial charge in [0.05, 0.1) is 37.0 Å². The maximum atomic E-state index is 12.9. The summed E-state index contributed by atoms with van der Waals surface area (Å²) in [6.45, 7) is 2.16. The van der Waals surface area contributed by atoms with Crippen LogP contribution in [0.2, 0.25) is 5.02 Å². The molecule has 3 N–H and O–H groups in total. The lowest BCUT2D eigenvalue weighted by Gasteiger charge is -2.17. The summed E-state index contributed by atoms with van der Waals surface area (Å²) in [4.78, 5) is 15.7. The Kier molecular flexibility index (Phi) is 6.85. The number of aromatic nitrogens is 3. The Bertz CT molecular complexity index is 1360. The number of ether oxygens (including phenoxy) is 2. The van der Waals surface area contributed by atoms with Crippen molar-refractivity contribution in [1.82, 2.24) is 15.2 Å². The molecule has 0 radical (unpaired) electrons. The summed E-state index contributed by atoms with van der Waals surface area (Å²) in [7, 11) is 1.44. The normalized spacial score (nSPS) is 11.0. The predicted octanol–water partition coefficient (Wildman–Crippen LogP) is 4.29. The van der Waals surface area contributed by atoms with Crippen LogP contribution in [0.15, 0.2) is 51.7 Å². The number of benzene rings is 2. The molecule has 4 rings (SSSR count). The second kappa shape index (κ2) is 9.98. The summed E-state index contributed by atoms with van der Waals surface area (Å²) in [6.07, 6.45) is 0.311. The molecule has 10 heteroatoms. The molecule has 9 nitrogen and oxygen atoms in total. The maximum absolute atomic E-state index is 12.9. The van der Waals surface area contributed by atoms with Crippen molar-refractivity contribution in [2.75, 3.05) is 13.7 Å². The van der Waals surface area contributed by atoms with Crippen molar-refractivity contribution in [2.24, 2.45) is 0 Å². The average molecular weight is 484 g/mol. The van der Waals surface area contributed by atoms with E-state index in [1.54, 1.807) is 31.2 Å². The van der Waals surface area contributed by atoms with Gasteiger partial charge in [0.1, 0.15) is 22.8 Å². The third-order valence-corrected chi connectivity index (χ3v) is 5.39. The molecule has 0 aliphatic rings. The second-order valence-corrected chi connectivity index (χ2v) is 7.76. The van der Waals surface area contributed by atoms with Gasteiger partial charge in [-0.3, -0.25) is 4.79 Å². The summed E-state index contributed by atoms with van der Waals surface area (Å²) in [5.74, 6) is -0.225. The zero-order valence-electron chi connectivity index (χ0n) is 18.5. The number of phenols is 1. The number of pyridine rings is 1. The van der Waals surface area contributed by atoms with Gasteiger partial charge >= 0.3 is 0 Å². The molecule has 0 saturated heterocycles. The van der Waals surface area contributed by atoms with Gasteiger partial charge in [-0.2, -0.15) is 0 Å². The number of H-pyrrole nitrogens is 1. The van der Waals surface area contributed by atoms with Crippen molar-refractivity contribution >= 4 is 11.6 Å². The number of hydrogen-bond donors (Lipinski definition) is 3. The molecule has 0 amide bonds. The van der Waals surface area contributed by atoms with Crippen LogP contribution in [0.1, 0.15) is 24.1 Å². The topological polar surface area (TPSA) is 131 Å². The SMILES string of the molecule is CCOCc1[nH]c(=O)c(-c2nnc(Cc3ccc(Cl)cc3)o2)c(O)c1-c1c(O)cccc1OC. The molecule has 0 bridgehead atoms. The number of nitrogens with zero attached hydrogens (tertiary/aromatic N) is 2. The van der Waals surface area contributed by atoms with Crippen LogP contribution >= 0.6 is 11.6 Å². The molecular formula is C24H22ClN3O6. The quantitative estimate of drug-likeness (QED) is 0.338. The van der Waals surface area contributed by atoms with Crippen LogP contribution in [0, 0.1) is 0 Å². The van der Waals surface area contributed by atoms with Crippen molar-refractivity contribution in [1.29, 1.82) is 0 Å². The molecule has 34 heavy (non-hydrogen) atoms. The van der Waals surface area contributed by atoms with Crippen LogP contribution in [0.5, 0.6) is 17.2 Å². The highest BCUT2D eigenvalue weighted by Gasteiger charge is 2.27. The maximum Gasteiger partial charge on any atom is 0.264 e. The number of methoxy groups -OCH3 is 1. The third kappa shape index (κ3) is 4.61. The minimum atomic E-state index is -0.646. The van der Waals surface area contributed by atoms with Gasteiger partial charge in [-0.25, -0.2) is 0 Å². The monoisotopic (exact) mass is 483 g/mol. The van der Waals surface area contributed by atoms with Gasteiger partial charge in [0.25, 0.3) is 11.4 Å². The lowest BCUT2D eigenvalue weighted by molar-refractivity contribution is 0.131. The zero-order chi connectivity index (χ0) is 24.2. The van der Waals surface area contributed by atoms with Crippen molar-refractivity contribution < 1.29 is 24.1 Å². The molecule has 0 atom stereocenters. The van der Waals surface area contributed by atoms with Crippen molar-refractivity contribution in [3.63, 3.8) is 0 Å². The van der Waals surface area contributed by atoms with Gasteiger partial charge in [-0.05, 0) is 36.8 Å². The number of aromatic amines is 1. The Hall–Kier alpha value is -3.82. The van der Waals surface area contributed by atoms with E-state index in [-0.39, 0.29) is 46.5 Å². The van der Waals surface area contributed by atoms with Gasteiger partial charge in [0, 0.05) is 11.6 Å². The zero-order valence-corrected chi connectivity index (χ0v) is 19.2. The van der Waals surface area contributed by atoms with Gasteiger partial charge in [-0.15, -0.1) is 10.2 Å². The van der Waals surface area contributed by atoms with Crippen LogP contribution in [0.3, 0.4) is 0 Å². The molecule has 2 aromatic carbocycles. The molecule has 2 aromatic heterocycles. The standard InChI is InChI=1S/C24H22ClN3O6/c1-3-33-12-15-19(20-16(29)5-4-6-17(20)32-2)22(30)21(23(31)26-15)24-28-27-18(34-24)11-13-7-9-14(25)10-8-13/h4-10,29H,3,11-12H2,1-2H3,(H2,26,30,31). The number of rotatable bonds is 8. The second-order valence-electron chi connectivity index (χ2n) is 7.33. The van der Waals surface area contributed by atoms with E-state index < -0.39 is 11.3 Å². The Morgan fingerprint density at radius 3 is 2.53 bits per heavy atom. The Balaban J connectivity index is 1.84. The molecule has 0 spiro atoms. The summed E-state index contributed by atoms with van der Waals surface area (Å²) >= 11 is 5.92. The lowest BCUT2D eigenvalue weighted by atomic mass is 9.98. The fourth-order valence-corrected chi connectivity index (χ4v) is 3.69. The average Bonchev–Trinajstić information content (AvgIpc) is 3.27. The van der Waals surface area contributed by atoms with Crippen molar-refractivity contribution in [2.45, 2.75) is 20.0 Å². The molecule has 0 aliphatic carbocycles. The minimum absolute atomic E-state index is 0.0158. The molecule has 0 saturated carbocycles. The van der Waals surface area contributed by atoms with Gasteiger partial charge in [0.15, 0.2) is 0 Å². The lowest BCUT2D eigenvalue weighted by Crippen LogP contribution is -2.15. The summed E-state index contributed by atoms with van der Waals surface area (Å²) in [5, 5.41) is 30.4. The van der Waals surface area contributed by atoms with Crippen LogP contribution in [0.4, 0.5) is 0 Å². The first kappa shape index (κ1) is 23.3. The molecule has 0 aliphatic heterocycles. The van der Waals surface area contributed by atoms with E-state index in [0.29, 0.717) is 23.8 Å². The molecular weight excluding hydrogens is 462 g/mol. The fraction of sp³-hybridized carbons (Fsp3) is 0.208. The first-order chi connectivity index (χ1) is 16.4. The van der Waals surface area contributed by atoms with E-state index in [4.69, 9.17) is 25.5 Å². The fourth-order valence-electron chi connectivity index (χ4n) is 3.56. The van der Waals surface area contributed by atoms with E-state index >= 15 is 0 Å². The largest absolute Gasteiger partial charge is 0.507 e. The van der Waals surface area contributed by atoms with E-state index in [2.05, 4.69) is 15.2 Å². The van der Waals surface area contributed by atoms with Gasteiger partial charge in [0.2, 0.25) is 5.89 Å². The number of hydrogen-bond acceptors (Lipinski definition) is 8. The summed E-state index contributed by atoms with van der Waals surface area (Å²) in [6, 6.07) is 11.8. The third-order valence-electron chi connectivity index (χ3n) is 5.14. The van der Waals surface area contributed by atoms with Crippen LogP contribution in [-0.2, 0) is 17.8 Å². The van der Waals surface area contributed by atoms with Crippen LogP contribution < -0.4 is 10.3 Å². The van der Waals surface area contributed by atoms with E-state index in [0.717, 1.165) is 5.56 Å². The van der Waals surface area contributed by atoms with E-state index in [1.807, 2.05) is 12.1 Å². The first-order valence-electron chi connectivity index (χ1n) is 10.4. The predicted molar refractivity (Wildman–Crippen MR) is 125 cm³/mol. The molecule has 0 unspecified atom stereocenters. The number of aromatic hydroxyl groups is 2. The Morgan fingerprint density at radius 1 is 1.06 bits per heavy atom. The number of phenolic OH excluding ortho intramolecular Hbond substituents is 1. The minimum Gasteiger partial charge on any atom is -0.507 e. The van der Waals surface area contributed by atoms with E-state index in [9.17, 15) is 15.0 Å². The molecule has 0 fully saturated rings. The Labute approximate surface area is 199 Å². The smallest absolute Gasteiger partial charge is 0.264 e. The number of halogens is 1.